The van der Waals surface area contributed by atoms with Crippen LogP contribution in [0, 0.1) is 6.92 Å². The molecule has 0 amide bonds. The van der Waals surface area contributed by atoms with Gasteiger partial charge in [-0.3, -0.25) is 0 Å². The second-order valence-electron chi connectivity index (χ2n) is 8.72. The van der Waals surface area contributed by atoms with E-state index in [4.69, 9.17) is 4.74 Å². The zero-order valence-electron chi connectivity index (χ0n) is 18.0. The highest BCUT2D eigenvalue weighted by Crippen LogP contribution is 2.44. The van der Waals surface area contributed by atoms with Crippen molar-refractivity contribution >= 4 is 27.2 Å². The highest BCUT2D eigenvalue weighted by Gasteiger charge is 2.31. The van der Waals surface area contributed by atoms with Crippen LogP contribution in [-0.4, -0.2) is 56.1 Å². The van der Waals surface area contributed by atoms with Gasteiger partial charge < -0.3 is 20.3 Å². The Morgan fingerprint density at radius 2 is 1.87 bits per heavy atom. The number of aromatic nitrogens is 2. The lowest BCUT2D eigenvalue weighted by Crippen LogP contribution is -2.41. The molecule has 2 N–H and O–H groups in total. The number of fused-ring (bicyclic) bond motifs is 2. The minimum absolute atomic E-state index is 0.146. The largest absolute Gasteiger partial charge is 0.483 e. The molecule has 1 aromatic heterocycles. The van der Waals surface area contributed by atoms with Crippen molar-refractivity contribution in [3.63, 3.8) is 0 Å². The van der Waals surface area contributed by atoms with Gasteiger partial charge in [-0.05, 0) is 62.9 Å². The van der Waals surface area contributed by atoms with Gasteiger partial charge in [0.15, 0.2) is 9.84 Å². The molecule has 166 valence electrons. The van der Waals surface area contributed by atoms with E-state index in [-0.39, 0.29) is 17.6 Å². The maximum atomic E-state index is 11.9. The topological polar surface area (TPSA) is 96.4 Å². The summed E-state index contributed by atoms with van der Waals surface area (Å²) in [5.41, 5.74) is 4.25. The summed E-state index contributed by atoms with van der Waals surface area (Å²) < 4.78 is 30.2. The molecule has 0 saturated carbocycles. The summed E-state index contributed by atoms with van der Waals surface area (Å²) in [6.07, 6.45) is 3.56. The first kappa shape index (κ1) is 20.5. The molecule has 0 radical (unpaired) electrons. The number of ether oxygens (including phenoxy) is 1. The molecule has 1 aromatic carbocycles. The summed E-state index contributed by atoms with van der Waals surface area (Å²) in [7, 11) is -2.97. The molecule has 31 heavy (non-hydrogen) atoms. The Kier molecular flexibility index (Phi) is 5.26. The van der Waals surface area contributed by atoms with Crippen LogP contribution >= 0.6 is 0 Å². The Labute approximate surface area is 183 Å². The second kappa shape index (κ2) is 7.94. The summed E-state index contributed by atoms with van der Waals surface area (Å²) in [4.78, 5) is 11.1. The summed E-state index contributed by atoms with van der Waals surface area (Å²) >= 11 is 0. The number of piperidine rings is 1. The van der Waals surface area contributed by atoms with Crippen LogP contribution in [0.5, 0.6) is 5.75 Å². The summed E-state index contributed by atoms with van der Waals surface area (Å²) in [5.74, 6) is 3.16. The molecule has 8 nitrogen and oxygen atoms in total. The predicted octanol–water partition coefficient (Wildman–Crippen LogP) is 2.68. The van der Waals surface area contributed by atoms with Crippen LogP contribution in [0.2, 0.25) is 0 Å². The lowest BCUT2D eigenvalue weighted by molar-refractivity contribution is 0.229. The number of hydrogen-bond donors (Lipinski definition) is 2. The quantitative estimate of drug-likeness (QED) is 0.731. The molecule has 2 aromatic rings. The van der Waals surface area contributed by atoms with Gasteiger partial charge in [0.05, 0.1) is 22.8 Å². The van der Waals surface area contributed by atoms with E-state index in [0.29, 0.717) is 19.0 Å². The molecule has 0 spiro atoms. The minimum atomic E-state index is -2.97. The lowest BCUT2D eigenvalue weighted by atomic mass is 9.89. The van der Waals surface area contributed by atoms with Gasteiger partial charge in [0.25, 0.3) is 0 Å². The third-order valence-electron chi connectivity index (χ3n) is 6.57. The van der Waals surface area contributed by atoms with Crippen molar-refractivity contribution in [2.75, 3.05) is 47.9 Å². The maximum absolute atomic E-state index is 11.9. The molecule has 2 fully saturated rings. The van der Waals surface area contributed by atoms with Gasteiger partial charge in [0.2, 0.25) is 0 Å². The number of sulfone groups is 1. The molecule has 3 aliphatic rings. The van der Waals surface area contributed by atoms with Gasteiger partial charge >= 0.3 is 0 Å². The number of nitrogens with zero attached hydrogens (tertiary/aromatic N) is 3. The first-order valence-electron chi connectivity index (χ1n) is 11.0. The second-order valence-corrected chi connectivity index (χ2v) is 11.0. The van der Waals surface area contributed by atoms with Gasteiger partial charge in [0, 0.05) is 13.1 Å². The normalized spacial score (nSPS) is 23.2. The van der Waals surface area contributed by atoms with Gasteiger partial charge in [-0.2, -0.15) is 0 Å². The smallest absolute Gasteiger partial charge is 0.153 e. The summed E-state index contributed by atoms with van der Waals surface area (Å²) in [6, 6.07) is 4.46. The van der Waals surface area contributed by atoms with E-state index in [0.717, 1.165) is 60.1 Å². The number of hydrogen-bond acceptors (Lipinski definition) is 8. The molecule has 2 saturated heterocycles. The average molecular weight is 444 g/mol. The van der Waals surface area contributed by atoms with Crippen LogP contribution in [-0.2, 0) is 9.84 Å². The Balaban J connectivity index is 1.51. The van der Waals surface area contributed by atoms with Gasteiger partial charge in [-0.1, -0.05) is 6.07 Å². The Morgan fingerprint density at radius 3 is 2.61 bits per heavy atom. The molecular formula is C22H29N5O3S. The van der Waals surface area contributed by atoms with Crippen molar-refractivity contribution in [1.82, 2.24) is 15.3 Å². The first-order valence-corrected chi connectivity index (χ1v) is 12.8. The molecule has 4 heterocycles. The molecule has 1 unspecified atom stereocenters. The first-order chi connectivity index (χ1) is 14.9. The zero-order chi connectivity index (χ0) is 21.6. The molecule has 0 bridgehead atoms. The van der Waals surface area contributed by atoms with E-state index < -0.39 is 9.84 Å². The van der Waals surface area contributed by atoms with Crippen molar-refractivity contribution < 1.29 is 13.2 Å². The third kappa shape index (κ3) is 3.96. The SMILES string of the molecule is Cc1cc(C2CCNCC2)cc2c1OC(C)c1c(ncnc1N1CCS(=O)(=O)CC1)N2. The Morgan fingerprint density at radius 1 is 1.13 bits per heavy atom. The van der Waals surface area contributed by atoms with Crippen LogP contribution < -0.4 is 20.3 Å². The van der Waals surface area contributed by atoms with E-state index in [9.17, 15) is 8.42 Å². The number of aryl methyl sites for hydroxylation is 1. The van der Waals surface area contributed by atoms with Gasteiger partial charge in [0.1, 0.15) is 29.8 Å². The number of rotatable bonds is 2. The fourth-order valence-corrected chi connectivity index (χ4v) is 6.04. The molecule has 9 heteroatoms. The van der Waals surface area contributed by atoms with Gasteiger partial charge in [-0.25, -0.2) is 18.4 Å². The van der Waals surface area contributed by atoms with Crippen LogP contribution in [0.15, 0.2) is 18.5 Å². The van der Waals surface area contributed by atoms with E-state index in [1.807, 2.05) is 11.8 Å². The minimum Gasteiger partial charge on any atom is -0.483 e. The van der Waals surface area contributed by atoms with Crippen LogP contribution in [0.3, 0.4) is 0 Å². The van der Waals surface area contributed by atoms with Crippen LogP contribution in [0.1, 0.15) is 48.5 Å². The van der Waals surface area contributed by atoms with Crippen LogP contribution in [0.4, 0.5) is 17.3 Å². The van der Waals surface area contributed by atoms with E-state index in [1.54, 1.807) is 6.33 Å². The molecule has 5 rings (SSSR count). The average Bonchev–Trinajstić information content (AvgIpc) is 2.90. The molecule has 0 aliphatic carbocycles. The fourth-order valence-electron chi connectivity index (χ4n) is 4.84. The van der Waals surface area contributed by atoms with Crippen molar-refractivity contribution in [2.45, 2.75) is 38.7 Å². The standard InChI is InChI=1S/C22H29N5O3S/c1-14-11-17(16-3-5-23-6-4-16)12-18-20(14)30-15(2)19-21(26-18)24-13-25-22(19)27-7-9-31(28,29)10-8-27/h11-13,15-16,23H,3-10H2,1-2H3,(H,24,25,26). The van der Waals surface area contributed by atoms with E-state index >= 15 is 0 Å². The Hall–Kier alpha value is -2.39. The summed E-state index contributed by atoms with van der Waals surface area (Å²) in [6.45, 7) is 7.06. The van der Waals surface area contributed by atoms with Crippen molar-refractivity contribution in [3.8, 4) is 5.75 Å². The van der Waals surface area contributed by atoms with E-state index in [2.05, 4.69) is 39.7 Å². The van der Waals surface area contributed by atoms with Gasteiger partial charge in [-0.15, -0.1) is 0 Å². The Bertz CT molecular complexity index is 1080. The molecule has 1 atom stereocenters. The molecular weight excluding hydrogens is 414 g/mol. The fraction of sp³-hybridized carbons (Fsp3) is 0.545. The summed E-state index contributed by atoms with van der Waals surface area (Å²) in [5, 5.41) is 6.95. The lowest BCUT2D eigenvalue weighted by Gasteiger charge is -2.30. The highest BCUT2D eigenvalue weighted by molar-refractivity contribution is 7.91. The number of nitrogens with one attached hydrogen (secondary N) is 2. The van der Waals surface area contributed by atoms with Crippen LogP contribution in [0.25, 0.3) is 0 Å². The predicted molar refractivity (Wildman–Crippen MR) is 121 cm³/mol. The number of anilines is 3. The number of benzene rings is 1. The van der Waals surface area contributed by atoms with Crippen molar-refractivity contribution in [2.24, 2.45) is 0 Å². The van der Waals surface area contributed by atoms with Crippen molar-refractivity contribution in [1.29, 1.82) is 0 Å². The zero-order valence-corrected chi connectivity index (χ0v) is 18.8. The molecule has 3 aliphatic heterocycles. The third-order valence-corrected chi connectivity index (χ3v) is 8.18. The highest BCUT2D eigenvalue weighted by atomic mass is 32.2. The monoisotopic (exact) mass is 443 g/mol. The van der Waals surface area contributed by atoms with E-state index in [1.165, 1.54) is 5.56 Å². The maximum Gasteiger partial charge on any atom is 0.153 e. The van der Waals surface area contributed by atoms with Crippen molar-refractivity contribution in [3.05, 3.63) is 35.2 Å².